The normalized spacial score (nSPS) is 12.8. The lowest BCUT2D eigenvalue weighted by Crippen LogP contribution is -2.38. The van der Waals surface area contributed by atoms with Gasteiger partial charge in [0.15, 0.2) is 6.79 Å². The van der Waals surface area contributed by atoms with E-state index in [0.717, 1.165) is 5.56 Å². The largest absolute Gasteiger partial charge is 0.467 e. The summed E-state index contributed by atoms with van der Waals surface area (Å²) >= 11 is 0. The van der Waals surface area contributed by atoms with E-state index < -0.39 is 17.6 Å². The lowest BCUT2D eigenvalue weighted by molar-refractivity contribution is -0.156. The van der Waals surface area contributed by atoms with Gasteiger partial charge in [0.05, 0.1) is 0 Å². The van der Waals surface area contributed by atoms with E-state index in [-0.39, 0.29) is 6.79 Å². The maximum Gasteiger partial charge on any atom is 0.323 e. The molecule has 0 fully saturated rings. The van der Waals surface area contributed by atoms with Gasteiger partial charge in [-0.05, 0) is 32.4 Å². The number of rotatable bonds is 6. The number of methoxy groups -OCH3 is 1. The van der Waals surface area contributed by atoms with Crippen LogP contribution in [-0.4, -0.2) is 31.5 Å². The first-order chi connectivity index (χ1) is 9.33. The predicted molar refractivity (Wildman–Crippen MR) is 76.5 cm³/mol. The van der Waals surface area contributed by atoms with Gasteiger partial charge >= 0.3 is 5.97 Å². The Labute approximate surface area is 120 Å². The number of benzene rings is 1. The molecule has 0 aliphatic heterocycles. The molecule has 0 spiro atoms. The van der Waals surface area contributed by atoms with Crippen molar-refractivity contribution in [3.63, 3.8) is 0 Å². The second-order valence-corrected chi connectivity index (χ2v) is 5.50. The Balaban J connectivity index is 2.70. The minimum atomic E-state index is -0.721. The summed E-state index contributed by atoms with van der Waals surface area (Å²) in [4.78, 5) is 11.9. The van der Waals surface area contributed by atoms with Crippen molar-refractivity contribution in [3.05, 3.63) is 29.8 Å². The molecule has 0 aliphatic carbocycles. The van der Waals surface area contributed by atoms with E-state index in [2.05, 4.69) is 0 Å². The van der Waals surface area contributed by atoms with Gasteiger partial charge in [-0.15, -0.1) is 0 Å². The van der Waals surface area contributed by atoms with Gasteiger partial charge in [-0.3, -0.25) is 4.79 Å². The third-order valence-corrected chi connectivity index (χ3v) is 2.45. The van der Waals surface area contributed by atoms with Crippen molar-refractivity contribution in [2.75, 3.05) is 13.9 Å². The highest BCUT2D eigenvalue weighted by Gasteiger charge is 2.23. The fourth-order valence-electron chi connectivity index (χ4n) is 1.63. The molecule has 0 heterocycles. The minimum absolute atomic E-state index is 0.151. The van der Waals surface area contributed by atoms with E-state index in [4.69, 9.17) is 19.9 Å². The summed E-state index contributed by atoms with van der Waals surface area (Å²) in [5.41, 5.74) is 6.20. The lowest BCUT2D eigenvalue weighted by Gasteiger charge is -2.22. The first kappa shape index (κ1) is 16.5. The van der Waals surface area contributed by atoms with Crippen molar-refractivity contribution in [2.45, 2.75) is 38.8 Å². The van der Waals surface area contributed by atoms with E-state index in [1.165, 1.54) is 0 Å². The van der Waals surface area contributed by atoms with Crippen molar-refractivity contribution < 1.29 is 19.0 Å². The number of esters is 1. The monoisotopic (exact) mass is 281 g/mol. The molecule has 112 valence electrons. The highest BCUT2D eigenvalue weighted by molar-refractivity contribution is 5.76. The number of hydrogen-bond donors (Lipinski definition) is 1. The predicted octanol–water partition coefficient (Wildman–Crippen LogP) is 1.88. The summed E-state index contributed by atoms with van der Waals surface area (Å²) in [6.07, 6.45) is 0.356. The second kappa shape index (κ2) is 7.26. The standard InChI is InChI=1S/C15H23NO4/c1-15(2,3)20-14(17)12(16)9-11-7-5-6-8-13(11)19-10-18-4/h5-8,12H,9-10,16H2,1-4H3. The Morgan fingerprint density at radius 2 is 1.95 bits per heavy atom. The molecule has 1 atom stereocenters. The Bertz CT molecular complexity index is 440. The van der Waals surface area contributed by atoms with E-state index in [9.17, 15) is 4.79 Å². The Morgan fingerprint density at radius 3 is 2.55 bits per heavy atom. The van der Waals surface area contributed by atoms with Crippen LogP contribution in [0.1, 0.15) is 26.3 Å². The van der Waals surface area contributed by atoms with Crippen LogP contribution in [0, 0.1) is 0 Å². The Kier molecular flexibility index (Phi) is 5.98. The third-order valence-electron chi connectivity index (χ3n) is 2.45. The SMILES string of the molecule is COCOc1ccccc1CC(N)C(=O)OC(C)(C)C. The van der Waals surface area contributed by atoms with Crippen LogP contribution in [0.3, 0.4) is 0 Å². The van der Waals surface area contributed by atoms with E-state index in [0.29, 0.717) is 12.2 Å². The molecule has 0 saturated carbocycles. The van der Waals surface area contributed by atoms with Crippen LogP contribution in [0.15, 0.2) is 24.3 Å². The highest BCUT2D eigenvalue weighted by atomic mass is 16.7. The van der Waals surface area contributed by atoms with Gasteiger partial charge < -0.3 is 19.9 Å². The number of hydrogen-bond acceptors (Lipinski definition) is 5. The number of carbonyl (C=O) groups excluding carboxylic acids is 1. The second-order valence-electron chi connectivity index (χ2n) is 5.50. The molecular weight excluding hydrogens is 258 g/mol. The molecule has 1 aromatic carbocycles. The third kappa shape index (κ3) is 5.59. The van der Waals surface area contributed by atoms with Crippen LogP contribution in [0.4, 0.5) is 0 Å². The molecule has 0 saturated heterocycles. The van der Waals surface area contributed by atoms with E-state index >= 15 is 0 Å². The van der Waals surface area contributed by atoms with Crippen molar-refractivity contribution in [1.82, 2.24) is 0 Å². The fourth-order valence-corrected chi connectivity index (χ4v) is 1.63. The number of para-hydroxylation sites is 1. The van der Waals surface area contributed by atoms with Crippen LogP contribution in [-0.2, 0) is 20.7 Å². The zero-order valence-corrected chi connectivity index (χ0v) is 12.5. The van der Waals surface area contributed by atoms with Crippen LogP contribution in [0.2, 0.25) is 0 Å². The molecule has 5 heteroatoms. The topological polar surface area (TPSA) is 70.8 Å². The number of ether oxygens (including phenoxy) is 3. The molecular formula is C15H23NO4. The molecule has 0 aliphatic rings. The summed E-state index contributed by atoms with van der Waals surface area (Å²) in [6, 6.07) is 6.69. The molecule has 1 unspecified atom stereocenters. The molecule has 0 radical (unpaired) electrons. The van der Waals surface area contributed by atoms with Gasteiger partial charge in [0.25, 0.3) is 0 Å². The highest BCUT2D eigenvalue weighted by Crippen LogP contribution is 2.20. The summed E-state index contributed by atoms with van der Waals surface area (Å²) in [6.45, 7) is 5.59. The van der Waals surface area contributed by atoms with E-state index in [1.807, 2.05) is 45.0 Å². The van der Waals surface area contributed by atoms with Gasteiger partial charge in [0.1, 0.15) is 17.4 Å². The molecule has 0 amide bonds. The first-order valence-corrected chi connectivity index (χ1v) is 6.51. The maximum absolute atomic E-state index is 11.9. The van der Waals surface area contributed by atoms with E-state index in [1.54, 1.807) is 7.11 Å². The zero-order valence-electron chi connectivity index (χ0n) is 12.5. The molecule has 1 rings (SSSR count). The average molecular weight is 281 g/mol. The first-order valence-electron chi connectivity index (χ1n) is 6.51. The van der Waals surface area contributed by atoms with Crippen LogP contribution in [0.25, 0.3) is 0 Å². The van der Waals surface area contributed by atoms with Gasteiger partial charge in [-0.2, -0.15) is 0 Å². The zero-order chi connectivity index (χ0) is 15.2. The minimum Gasteiger partial charge on any atom is -0.467 e. The van der Waals surface area contributed by atoms with Crippen molar-refractivity contribution >= 4 is 5.97 Å². The summed E-state index contributed by atoms with van der Waals surface area (Å²) in [5.74, 6) is 0.243. The smallest absolute Gasteiger partial charge is 0.323 e. The van der Waals surface area contributed by atoms with Crippen molar-refractivity contribution in [1.29, 1.82) is 0 Å². The molecule has 1 aromatic rings. The summed E-state index contributed by atoms with van der Waals surface area (Å²) < 4.78 is 15.6. The fraction of sp³-hybridized carbons (Fsp3) is 0.533. The summed E-state index contributed by atoms with van der Waals surface area (Å²) in [5, 5.41) is 0. The van der Waals surface area contributed by atoms with Crippen LogP contribution < -0.4 is 10.5 Å². The lowest BCUT2D eigenvalue weighted by atomic mass is 10.1. The number of carbonyl (C=O) groups is 1. The number of nitrogens with two attached hydrogens (primary N) is 1. The average Bonchev–Trinajstić information content (AvgIpc) is 2.35. The quantitative estimate of drug-likeness (QED) is 0.637. The molecule has 0 aromatic heterocycles. The molecule has 20 heavy (non-hydrogen) atoms. The molecule has 0 bridgehead atoms. The Morgan fingerprint density at radius 1 is 1.30 bits per heavy atom. The van der Waals surface area contributed by atoms with Crippen LogP contribution in [0.5, 0.6) is 5.75 Å². The molecule has 5 nitrogen and oxygen atoms in total. The van der Waals surface area contributed by atoms with Gasteiger partial charge in [-0.1, -0.05) is 18.2 Å². The molecule has 2 N–H and O–H groups in total. The van der Waals surface area contributed by atoms with Crippen LogP contribution >= 0.6 is 0 Å². The maximum atomic E-state index is 11.9. The summed E-state index contributed by atoms with van der Waals surface area (Å²) in [7, 11) is 1.55. The van der Waals surface area contributed by atoms with Gasteiger partial charge in [-0.25, -0.2) is 0 Å². The van der Waals surface area contributed by atoms with Gasteiger partial charge in [0.2, 0.25) is 0 Å². The Hall–Kier alpha value is -1.59. The van der Waals surface area contributed by atoms with Gasteiger partial charge in [0, 0.05) is 13.5 Å². The van der Waals surface area contributed by atoms with Crippen molar-refractivity contribution in [3.8, 4) is 5.75 Å². The van der Waals surface area contributed by atoms with Crippen molar-refractivity contribution in [2.24, 2.45) is 5.73 Å².